The fourth-order valence-corrected chi connectivity index (χ4v) is 6.73. The van der Waals surface area contributed by atoms with Crippen molar-refractivity contribution in [1.29, 1.82) is 0 Å². The van der Waals surface area contributed by atoms with Crippen LogP contribution in [0.25, 0.3) is 82.8 Å². The lowest BCUT2D eigenvalue weighted by atomic mass is 9.98. The van der Waals surface area contributed by atoms with Crippen molar-refractivity contribution in [3.63, 3.8) is 0 Å². The normalized spacial score (nSPS) is 11.4. The average molecular weight is 601 g/mol. The molecule has 4 heterocycles. The summed E-state index contributed by atoms with van der Waals surface area (Å²) in [4.78, 5) is 13.0. The first-order valence-corrected chi connectivity index (χ1v) is 15.7. The highest BCUT2D eigenvalue weighted by molar-refractivity contribution is 6.19. The third kappa shape index (κ3) is 4.75. The molecule has 0 spiro atoms. The third-order valence-corrected chi connectivity index (χ3v) is 9.06. The molecule has 0 aliphatic rings. The van der Waals surface area contributed by atoms with Gasteiger partial charge in [-0.3, -0.25) is 15.0 Å². The topological polar surface area (TPSA) is 43.6 Å². The summed E-state index contributed by atoms with van der Waals surface area (Å²) in [5, 5.41) is 4.88. The first-order valence-electron chi connectivity index (χ1n) is 15.7. The largest absolute Gasteiger partial charge is 0.309 e. The van der Waals surface area contributed by atoms with Crippen LogP contribution in [-0.2, 0) is 0 Å². The summed E-state index contributed by atoms with van der Waals surface area (Å²) in [6.45, 7) is 0. The van der Waals surface area contributed by atoms with E-state index in [9.17, 15) is 0 Å². The summed E-state index contributed by atoms with van der Waals surface area (Å²) in [7, 11) is 0. The van der Waals surface area contributed by atoms with Gasteiger partial charge in [0.1, 0.15) is 0 Å². The van der Waals surface area contributed by atoms with Crippen LogP contribution in [0, 0.1) is 0 Å². The molecule has 0 bridgehead atoms. The summed E-state index contributed by atoms with van der Waals surface area (Å²) in [6, 6.07) is 47.9. The smallest absolute Gasteiger partial charge is 0.0619 e. The summed E-state index contributed by atoms with van der Waals surface area (Å²) in [5.41, 5.74) is 12.6. The molecule has 0 aliphatic heterocycles. The minimum atomic E-state index is 1.05. The number of fused-ring (bicyclic) bond motifs is 5. The molecule has 0 unspecified atom stereocenters. The van der Waals surface area contributed by atoms with Crippen molar-refractivity contribution >= 4 is 32.6 Å². The van der Waals surface area contributed by atoms with Crippen LogP contribution in [0.5, 0.6) is 0 Å². The van der Waals surface area contributed by atoms with Crippen molar-refractivity contribution < 1.29 is 0 Å². The Morgan fingerprint density at radius 3 is 1.77 bits per heavy atom. The van der Waals surface area contributed by atoms with Gasteiger partial charge in [-0.05, 0) is 81.7 Å². The lowest BCUT2D eigenvalue weighted by molar-refractivity contribution is 1.19. The summed E-state index contributed by atoms with van der Waals surface area (Å²) < 4.78 is 2.42. The van der Waals surface area contributed by atoms with Crippen molar-refractivity contribution in [2.24, 2.45) is 0 Å². The van der Waals surface area contributed by atoms with Gasteiger partial charge in [0.2, 0.25) is 0 Å². The fraction of sp³-hybridized carbons (Fsp3) is 0. The van der Waals surface area contributed by atoms with Crippen LogP contribution in [0.3, 0.4) is 0 Å². The maximum Gasteiger partial charge on any atom is 0.0619 e. The molecule has 0 amide bonds. The van der Waals surface area contributed by atoms with E-state index < -0.39 is 0 Å². The van der Waals surface area contributed by atoms with Gasteiger partial charge in [0.05, 0.1) is 11.0 Å². The number of nitrogens with zero attached hydrogens (tertiary/aromatic N) is 4. The maximum atomic E-state index is 4.57. The Kier molecular flexibility index (Phi) is 6.43. The van der Waals surface area contributed by atoms with Gasteiger partial charge in [-0.15, -0.1) is 0 Å². The predicted molar refractivity (Wildman–Crippen MR) is 193 cm³/mol. The van der Waals surface area contributed by atoms with E-state index in [0.717, 1.165) is 27.9 Å². The molecular formula is C43H28N4. The van der Waals surface area contributed by atoms with E-state index in [4.69, 9.17) is 0 Å². The Balaban J connectivity index is 1.20. The summed E-state index contributed by atoms with van der Waals surface area (Å²) in [6.07, 6.45) is 11.2. The number of hydrogen-bond donors (Lipinski definition) is 0. The molecule has 0 saturated carbocycles. The van der Waals surface area contributed by atoms with Crippen LogP contribution in [-0.4, -0.2) is 19.5 Å². The quantitative estimate of drug-likeness (QED) is 0.197. The van der Waals surface area contributed by atoms with Crippen LogP contribution < -0.4 is 0 Å². The van der Waals surface area contributed by atoms with Crippen LogP contribution in [0.2, 0.25) is 0 Å². The van der Waals surface area contributed by atoms with Gasteiger partial charge in [0, 0.05) is 75.7 Å². The van der Waals surface area contributed by atoms with Gasteiger partial charge >= 0.3 is 0 Å². The summed E-state index contributed by atoms with van der Waals surface area (Å²) in [5.74, 6) is 0. The molecule has 0 fully saturated rings. The van der Waals surface area contributed by atoms with Crippen molar-refractivity contribution in [3.05, 3.63) is 171 Å². The van der Waals surface area contributed by atoms with Crippen molar-refractivity contribution in [2.75, 3.05) is 0 Å². The zero-order valence-electron chi connectivity index (χ0n) is 25.5. The van der Waals surface area contributed by atoms with Gasteiger partial charge in [-0.1, -0.05) is 84.9 Å². The van der Waals surface area contributed by atoms with E-state index >= 15 is 0 Å². The Morgan fingerprint density at radius 1 is 0.362 bits per heavy atom. The van der Waals surface area contributed by atoms with E-state index in [1.54, 1.807) is 6.20 Å². The Labute approximate surface area is 272 Å². The second kappa shape index (κ2) is 11.2. The van der Waals surface area contributed by atoms with Gasteiger partial charge < -0.3 is 4.57 Å². The molecule has 9 aromatic rings. The second-order valence-electron chi connectivity index (χ2n) is 11.8. The highest BCUT2D eigenvalue weighted by atomic mass is 15.0. The summed E-state index contributed by atoms with van der Waals surface area (Å²) >= 11 is 0. The van der Waals surface area contributed by atoms with Gasteiger partial charge in [-0.25, -0.2) is 0 Å². The number of aromatic nitrogens is 4. The number of benzene rings is 5. The third-order valence-electron chi connectivity index (χ3n) is 9.06. The van der Waals surface area contributed by atoms with Crippen LogP contribution in [0.1, 0.15) is 0 Å². The molecule has 4 heteroatoms. The molecule has 0 radical (unpaired) electrons. The molecule has 5 aromatic carbocycles. The molecule has 220 valence electrons. The fourth-order valence-electron chi connectivity index (χ4n) is 6.73. The molecule has 0 N–H and O–H groups in total. The lowest BCUT2D eigenvalue weighted by Crippen LogP contribution is -1.94. The van der Waals surface area contributed by atoms with Gasteiger partial charge in [0.15, 0.2) is 0 Å². The monoisotopic (exact) mass is 600 g/mol. The van der Waals surface area contributed by atoms with E-state index in [-0.39, 0.29) is 0 Å². The van der Waals surface area contributed by atoms with Gasteiger partial charge in [-0.2, -0.15) is 0 Å². The highest BCUT2D eigenvalue weighted by Crippen LogP contribution is 2.39. The molecule has 0 atom stereocenters. The average Bonchev–Trinajstić information content (AvgIpc) is 3.50. The molecule has 0 aliphatic carbocycles. The standard InChI is InChI=1S/C43H28N4/c1-2-6-38(7-3-1)47-42-25-33(30-10-8-29(9-11-30)31-18-21-44-22-19-31)13-16-40(42)41-17-14-34-23-32(12-15-39(34)43(41)47)36-24-37(28-46-27-36)35-5-4-20-45-26-35/h1-28H. The maximum absolute atomic E-state index is 4.57. The molecule has 0 saturated heterocycles. The minimum Gasteiger partial charge on any atom is -0.309 e. The lowest BCUT2D eigenvalue weighted by Gasteiger charge is -2.12. The molecule has 9 rings (SSSR count). The van der Waals surface area contributed by atoms with Crippen molar-refractivity contribution in [1.82, 2.24) is 19.5 Å². The molecule has 4 aromatic heterocycles. The number of hydrogen-bond acceptors (Lipinski definition) is 3. The first-order chi connectivity index (χ1) is 23.3. The van der Waals surface area contributed by atoms with Crippen molar-refractivity contribution in [2.45, 2.75) is 0 Å². The highest BCUT2D eigenvalue weighted by Gasteiger charge is 2.17. The van der Waals surface area contributed by atoms with Crippen LogP contribution in [0.15, 0.2) is 171 Å². The number of rotatable bonds is 5. The minimum absolute atomic E-state index is 1.05. The van der Waals surface area contributed by atoms with Crippen LogP contribution >= 0.6 is 0 Å². The van der Waals surface area contributed by atoms with E-state index in [0.29, 0.717) is 0 Å². The Hall–Kier alpha value is -6.39. The van der Waals surface area contributed by atoms with Gasteiger partial charge in [0.25, 0.3) is 0 Å². The zero-order valence-corrected chi connectivity index (χ0v) is 25.5. The van der Waals surface area contributed by atoms with Crippen LogP contribution in [0.4, 0.5) is 0 Å². The first kappa shape index (κ1) is 27.0. The Bertz CT molecular complexity index is 2540. The van der Waals surface area contributed by atoms with E-state index in [1.807, 2.05) is 49.2 Å². The second-order valence-corrected chi connectivity index (χ2v) is 11.8. The zero-order chi connectivity index (χ0) is 31.2. The molecule has 4 nitrogen and oxygen atoms in total. The van der Waals surface area contributed by atoms with E-state index in [1.165, 1.54) is 54.8 Å². The molecular weight excluding hydrogens is 573 g/mol. The number of para-hydroxylation sites is 1. The Morgan fingerprint density at radius 2 is 1.00 bits per heavy atom. The SMILES string of the molecule is c1ccc(-n2c3cc(-c4ccc(-c5ccncc5)cc4)ccc3c3ccc4cc(-c5cncc(-c6cccnc6)c5)ccc4c32)cc1. The van der Waals surface area contributed by atoms with Crippen molar-refractivity contribution in [3.8, 4) is 50.2 Å². The number of pyridine rings is 3. The predicted octanol–water partition coefficient (Wildman–Crippen LogP) is 10.8. The molecule has 47 heavy (non-hydrogen) atoms. The van der Waals surface area contributed by atoms with E-state index in [2.05, 4.69) is 135 Å².